The van der Waals surface area contributed by atoms with Crippen LogP contribution in [0.5, 0.6) is 0 Å². The van der Waals surface area contributed by atoms with E-state index in [2.05, 4.69) is 42.3 Å². The number of unbranched alkanes of at least 4 members (excludes halogenated alkanes) is 1. The van der Waals surface area contributed by atoms with E-state index in [1.165, 1.54) is 23.2 Å². The van der Waals surface area contributed by atoms with E-state index in [1.807, 2.05) is 7.05 Å². The Labute approximate surface area is 111 Å². The molecular weight excluding hydrogens is 224 g/mol. The first-order valence-corrected chi connectivity index (χ1v) is 6.82. The maximum absolute atomic E-state index is 9.18. The summed E-state index contributed by atoms with van der Waals surface area (Å²) in [4.78, 5) is 2.28. The molecule has 0 aliphatic rings. The number of aryl methyl sites for hydroxylation is 1. The zero-order valence-electron chi connectivity index (χ0n) is 11.9. The Kier molecular flexibility index (Phi) is 6.76. The summed E-state index contributed by atoms with van der Waals surface area (Å²) in [5.41, 5.74) is 3.84. The Balaban J connectivity index is 2.83. The van der Waals surface area contributed by atoms with Crippen LogP contribution in [0.2, 0.25) is 0 Å². The maximum Gasteiger partial charge on any atom is 0.0606 e. The molecule has 0 saturated heterocycles. The van der Waals surface area contributed by atoms with Crippen LogP contribution in [0.3, 0.4) is 0 Å². The fourth-order valence-electron chi connectivity index (χ4n) is 2.21. The summed E-state index contributed by atoms with van der Waals surface area (Å²) in [5.74, 6) is 0. The number of nitrogens with zero attached hydrogens (tertiary/aromatic N) is 1. The predicted molar refractivity (Wildman–Crippen MR) is 78.1 cm³/mol. The highest BCUT2D eigenvalue weighted by Gasteiger charge is 2.08. The van der Waals surface area contributed by atoms with Gasteiger partial charge < -0.3 is 15.3 Å². The Morgan fingerprint density at radius 3 is 2.61 bits per heavy atom. The van der Waals surface area contributed by atoms with Crippen molar-refractivity contribution in [1.29, 1.82) is 0 Å². The van der Waals surface area contributed by atoms with Crippen molar-refractivity contribution in [2.75, 3.05) is 31.6 Å². The van der Waals surface area contributed by atoms with Crippen LogP contribution >= 0.6 is 0 Å². The van der Waals surface area contributed by atoms with Gasteiger partial charge in [0.2, 0.25) is 0 Å². The topological polar surface area (TPSA) is 35.5 Å². The summed E-state index contributed by atoms with van der Waals surface area (Å²) >= 11 is 0. The van der Waals surface area contributed by atoms with E-state index < -0.39 is 0 Å². The minimum Gasteiger partial charge on any atom is -0.395 e. The molecule has 3 heteroatoms. The number of hydrogen-bond donors (Lipinski definition) is 2. The molecule has 2 N–H and O–H groups in total. The summed E-state index contributed by atoms with van der Waals surface area (Å²) in [6.07, 6.45) is 2.34. The zero-order chi connectivity index (χ0) is 13.4. The van der Waals surface area contributed by atoms with Gasteiger partial charge in [-0.05, 0) is 37.6 Å². The molecule has 102 valence electrons. The third-order valence-corrected chi connectivity index (χ3v) is 3.13. The quantitative estimate of drug-likeness (QED) is 0.743. The molecule has 1 aromatic carbocycles. The normalized spacial score (nSPS) is 10.7. The van der Waals surface area contributed by atoms with E-state index >= 15 is 0 Å². The van der Waals surface area contributed by atoms with E-state index in [0.717, 1.165) is 19.5 Å². The second kappa shape index (κ2) is 8.11. The van der Waals surface area contributed by atoms with Gasteiger partial charge in [0.1, 0.15) is 0 Å². The van der Waals surface area contributed by atoms with Crippen molar-refractivity contribution in [1.82, 2.24) is 5.32 Å². The van der Waals surface area contributed by atoms with Gasteiger partial charge in [0.05, 0.1) is 6.61 Å². The molecule has 1 rings (SSSR count). The Morgan fingerprint density at radius 1 is 1.28 bits per heavy atom. The van der Waals surface area contributed by atoms with Gasteiger partial charge in [-0.15, -0.1) is 0 Å². The minimum absolute atomic E-state index is 0.210. The van der Waals surface area contributed by atoms with Crippen molar-refractivity contribution in [2.24, 2.45) is 0 Å². The maximum atomic E-state index is 9.18. The zero-order valence-corrected chi connectivity index (χ0v) is 11.9. The van der Waals surface area contributed by atoms with Crippen LogP contribution in [-0.2, 0) is 6.54 Å². The molecule has 0 spiro atoms. The molecule has 0 fully saturated rings. The molecule has 0 saturated carbocycles. The standard InChI is InChI=1S/C15H26N2O/c1-4-5-8-17(9-10-18)15-7-6-14(12-16-3)11-13(15)2/h6-7,11,16,18H,4-5,8-10,12H2,1-3H3. The average molecular weight is 250 g/mol. The van der Waals surface area contributed by atoms with Crippen LogP contribution in [0, 0.1) is 6.92 Å². The lowest BCUT2D eigenvalue weighted by Crippen LogP contribution is -2.28. The van der Waals surface area contributed by atoms with Crippen molar-refractivity contribution in [3.05, 3.63) is 29.3 Å². The average Bonchev–Trinajstić information content (AvgIpc) is 2.35. The summed E-state index contributed by atoms with van der Waals surface area (Å²) in [7, 11) is 1.96. The van der Waals surface area contributed by atoms with Gasteiger partial charge in [0, 0.05) is 25.3 Å². The molecule has 3 nitrogen and oxygen atoms in total. The lowest BCUT2D eigenvalue weighted by atomic mass is 10.1. The Bertz CT molecular complexity index is 352. The van der Waals surface area contributed by atoms with Crippen LogP contribution in [0.15, 0.2) is 18.2 Å². The Morgan fingerprint density at radius 2 is 2.06 bits per heavy atom. The van der Waals surface area contributed by atoms with Gasteiger partial charge in [-0.1, -0.05) is 25.5 Å². The second-order valence-corrected chi connectivity index (χ2v) is 4.72. The largest absolute Gasteiger partial charge is 0.395 e. The Hall–Kier alpha value is -1.06. The minimum atomic E-state index is 0.210. The first-order valence-electron chi connectivity index (χ1n) is 6.82. The lowest BCUT2D eigenvalue weighted by molar-refractivity contribution is 0.301. The molecule has 18 heavy (non-hydrogen) atoms. The predicted octanol–water partition coefficient (Wildman–Crippen LogP) is 2.31. The lowest BCUT2D eigenvalue weighted by Gasteiger charge is -2.26. The first-order chi connectivity index (χ1) is 8.72. The summed E-state index contributed by atoms with van der Waals surface area (Å²) in [6.45, 7) is 7.18. The molecule has 0 heterocycles. The second-order valence-electron chi connectivity index (χ2n) is 4.72. The molecule has 1 aromatic rings. The van der Waals surface area contributed by atoms with Gasteiger partial charge in [-0.25, -0.2) is 0 Å². The van der Waals surface area contributed by atoms with Crippen molar-refractivity contribution < 1.29 is 5.11 Å². The van der Waals surface area contributed by atoms with Gasteiger partial charge >= 0.3 is 0 Å². The monoisotopic (exact) mass is 250 g/mol. The molecule has 0 radical (unpaired) electrons. The third kappa shape index (κ3) is 4.31. The van der Waals surface area contributed by atoms with Crippen molar-refractivity contribution in [3.8, 4) is 0 Å². The third-order valence-electron chi connectivity index (χ3n) is 3.13. The summed E-state index contributed by atoms with van der Waals surface area (Å²) < 4.78 is 0. The van der Waals surface area contributed by atoms with Gasteiger partial charge in [-0.3, -0.25) is 0 Å². The first kappa shape index (κ1) is 15.0. The summed E-state index contributed by atoms with van der Waals surface area (Å²) in [5, 5.41) is 12.3. The number of aliphatic hydroxyl groups excluding tert-OH is 1. The number of hydrogen-bond acceptors (Lipinski definition) is 3. The molecule has 0 aliphatic carbocycles. The van der Waals surface area contributed by atoms with E-state index in [9.17, 15) is 5.11 Å². The van der Waals surface area contributed by atoms with Gasteiger partial charge in [0.15, 0.2) is 0 Å². The SMILES string of the molecule is CCCCN(CCO)c1ccc(CNC)cc1C. The van der Waals surface area contributed by atoms with Crippen LogP contribution in [0.4, 0.5) is 5.69 Å². The molecule has 0 atom stereocenters. The smallest absolute Gasteiger partial charge is 0.0606 e. The number of anilines is 1. The molecular formula is C15H26N2O. The van der Waals surface area contributed by atoms with Crippen LogP contribution < -0.4 is 10.2 Å². The number of benzene rings is 1. The molecule has 0 bridgehead atoms. The molecule has 0 aromatic heterocycles. The molecule has 0 aliphatic heterocycles. The highest BCUT2D eigenvalue weighted by Crippen LogP contribution is 2.21. The van der Waals surface area contributed by atoms with Crippen molar-refractivity contribution in [2.45, 2.75) is 33.2 Å². The fourth-order valence-corrected chi connectivity index (χ4v) is 2.21. The van der Waals surface area contributed by atoms with Crippen molar-refractivity contribution in [3.63, 3.8) is 0 Å². The van der Waals surface area contributed by atoms with E-state index in [-0.39, 0.29) is 6.61 Å². The van der Waals surface area contributed by atoms with Gasteiger partial charge in [-0.2, -0.15) is 0 Å². The highest BCUT2D eigenvalue weighted by molar-refractivity contribution is 5.54. The number of aliphatic hydroxyl groups is 1. The fraction of sp³-hybridized carbons (Fsp3) is 0.600. The van der Waals surface area contributed by atoms with E-state index in [1.54, 1.807) is 0 Å². The highest BCUT2D eigenvalue weighted by atomic mass is 16.3. The van der Waals surface area contributed by atoms with Crippen molar-refractivity contribution >= 4 is 5.69 Å². The van der Waals surface area contributed by atoms with Gasteiger partial charge in [0.25, 0.3) is 0 Å². The molecule has 0 unspecified atom stereocenters. The van der Waals surface area contributed by atoms with E-state index in [4.69, 9.17) is 0 Å². The molecule has 0 amide bonds. The number of rotatable bonds is 8. The van der Waals surface area contributed by atoms with Crippen LogP contribution in [0.25, 0.3) is 0 Å². The summed E-state index contributed by atoms with van der Waals surface area (Å²) in [6, 6.07) is 6.56. The van der Waals surface area contributed by atoms with Crippen LogP contribution in [0.1, 0.15) is 30.9 Å². The number of nitrogens with one attached hydrogen (secondary N) is 1. The van der Waals surface area contributed by atoms with Crippen LogP contribution in [-0.4, -0.2) is 31.9 Å². The van der Waals surface area contributed by atoms with E-state index in [0.29, 0.717) is 6.54 Å².